The smallest absolute Gasteiger partial charge is 0.165 e. The van der Waals surface area contributed by atoms with E-state index in [9.17, 15) is 8.42 Å². The third-order valence-corrected chi connectivity index (χ3v) is 11.3. The normalized spacial score (nSPS) is 28.6. The Labute approximate surface area is 173 Å². The molecule has 0 saturated carbocycles. The maximum absolute atomic E-state index is 12.8. The first-order chi connectivity index (χ1) is 12.6. The predicted molar refractivity (Wildman–Crippen MR) is 115 cm³/mol. The van der Waals surface area contributed by atoms with Crippen LogP contribution in [0.5, 0.6) is 0 Å². The first kappa shape index (κ1) is 19.3. The quantitative estimate of drug-likeness (QED) is 0.750. The molecular weight excluding hydrogens is 420 g/mol. The van der Waals surface area contributed by atoms with Gasteiger partial charge in [-0.3, -0.25) is 4.99 Å². The van der Waals surface area contributed by atoms with Crippen molar-refractivity contribution in [2.45, 2.75) is 41.9 Å². The zero-order chi connectivity index (χ0) is 19.6. The van der Waals surface area contributed by atoms with Gasteiger partial charge < -0.3 is 5.73 Å². The van der Waals surface area contributed by atoms with Gasteiger partial charge in [0.25, 0.3) is 0 Å². The summed E-state index contributed by atoms with van der Waals surface area (Å²) in [5, 5.41) is 0.568. The van der Waals surface area contributed by atoms with Crippen molar-refractivity contribution in [3.05, 3.63) is 50.7 Å². The van der Waals surface area contributed by atoms with E-state index >= 15 is 0 Å². The topological polar surface area (TPSA) is 72.5 Å². The molecule has 2 unspecified atom stereocenters. The van der Waals surface area contributed by atoms with E-state index in [2.05, 4.69) is 23.2 Å². The molecule has 2 aromatic rings. The van der Waals surface area contributed by atoms with Gasteiger partial charge in [0, 0.05) is 21.4 Å². The van der Waals surface area contributed by atoms with Crippen molar-refractivity contribution in [1.82, 2.24) is 0 Å². The third-order valence-electron chi connectivity index (χ3n) is 5.47. The van der Waals surface area contributed by atoms with E-state index < -0.39 is 20.1 Å². The number of fused-ring (bicyclic) bond motifs is 1. The highest BCUT2D eigenvalue weighted by Crippen LogP contribution is 2.49. The maximum atomic E-state index is 12.8. The lowest BCUT2D eigenvalue weighted by Crippen LogP contribution is -2.54. The van der Waals surface area contributed by atoms with Crippen molar-refractivity contribution in [2.75, 3.05) is 11.5 Å². The summed E-state index contributed by atoms with van der Waals surface area (Å²) in [5.41, 5.74) is 6.42. The van der Waals surface area contributed by atoms with Crippen LogP contribution in [0.15, 0.2) is 40.2 Å². The number of hydrogen-bond donors (Lipinski definition) is 1. The Hall–Kier alpha value is -1.02. The van der Waals surface area contributed by atoms with E-state index in [1.807, 2.05) is 30.8 Å². The molecule has 2 aliphatic rings. The second-order valence-corrected chi connectivity index (χ2v) is 12.9. The van der Waals surface area contributed by atoms with E-state index in [0.29, 0.717) is 5.02 Å². The van der Waals surface area contributed by atoms with Crippen LogP contribution in [0.3, 0.4) is 0 Å². The van der Waals surface area contributed by atoms with E-state index in [1.54, 1.807) is 25.2 Å². The average molecular weight is 441 g/mol. The van der Waals surface area contributed by atoms with Crippen LogP contribution in [0.2, 0.25) is 5.02 Å². The molecule has 0 spiro atoms. The van der Waals surface area contributed by atoms with Gasteiger partial charge in [0.15, 0.2) is 9.84 Å². The minimum absolute atomic E-state index is 0.0939. The standard InChI is InChI=1S/C19H21ClN2O2S3/c1-18(2)17(21)22-19(3,10-27(18,23)24)16-13(20)8-15(26-16)12-9-25-14-7-5-4-6-11(12)14/h4-8,12H,9-10H2,1-3H3,(H2,21,22). The zero-order valence-electron chi connectivity index (χ0n) is 15.3. The number of halogens is 1. The van der Waals surface area contributed by atoms with Gasteiger partial charge in [0.05, 0.1) is 15.7 Å². The summed E-state index contributed by atoms with van der Waals surface area (Å²) >= 11 is 9.98. The first-order valence-corrected chi connectivity index (χ1v) is 12.5. The molecule has 2 atom stereocenters. The number of aliphatic imine (C=N–C) groups is 1. The van der Waals surface area contributed by atoms with Crippen LogP contribution in [0.1, 0.15) is 42.0 Å². The fourth-order valence-electron chi connectivity index (χ4n) is 3.58. The summed E-state index contributed by atoms with van der Waals surface area (Å²) in [5.74, 6) is 1.28. The summed E-state index contributed by atoms with van der Waals surface area (Å²) in [6, 6.07) is 10.4. The number of thiophene rings is 1. The Kier molecular flexibility index (Phi) is 4.46. The highest BCUT2D eigenvalue weighted by Gasteiger charge is 2.50. The van der Waals surface area contributed by atoms with Crippen LogP contribution >= 0.6 is 34.7 Å². The van der Waals surface area contributed by atoms with Gasteiger partial charge in [-0.25, -0.2) is 8.42 Å². The van der Waals surface area contributed by atoms with E-state index in [0.717, 1.165) is 15.5 Å². The monoisotopic (exact) mass is 440 g/mol. The predicted octanol–water partition coefficient (Wildman–Crippen LogP) is 4.42. The Morgan fingerprint density at radius 2 is 1.96 bits per heavy atom. The second-order valence-electron chi connectivity index (χ2n) is 7.77. The highest BCUT2D eigenvalue weighted by atomic mass is 35.5. The van der Waals surface area contributed by atoms with Gasteiger partial charge in [-0.2, -0.15) is 0 Å². The molecule has 0 amide bonds. The van der Waals surface area contributed by atoms with Gasteiger partial charge in [-0.15, -0.1) is 23.1 Å². The number of nitrogens with zero attached hydrogens (tertiary/aromatic N) is 1. The third kappa shape index (κ3) is 2.94. The summed E-state index contributed by atoms with van der Waals surface area (Å²) in [6.45, 7) is 5.02. The molecule has 0 bridgehead atoms. The molecule has 4 rings (SSSR count). The van der Waals surface area contributed by atoms with E-state index in [4.69, 9.17) is 17.3 Å². The number of amidine groups is 1. The maximum Gasteiger partial charge on any atom is 0.165 e. The molecule has 144 valence electrons. The lowest BCUT2D eigenvalue weighted by molar-refractivity contribution is 0.507. The Bertz CT molecular complexity index is 1060. The van der Waals surface area contributed by atoms with Crippen molar-refractivity contribution in [1.29, 1.82) is 0 Å². The lowest BCUT2D eigenvalue weighted by Gasteiger charge is -2.37. The van der Waals surface area contributed by atoms with E-state index in [1.165, 1.54) is 10.5 Å². The van der Waals surface area contributed by atoms with Crippen LogP contribution in [0.4, 0.5) is 0 Å². The second kappa shape index (κ2) is 6.24. The van der Waals surface area contributed by atoms with Crippen LogP contribution in [-0.4, -0.2) is 30.5 Å². The van der Waals surface area contributed by atoms with Crippen molar-refractivity contribution in [2.24, 2.45) is 10.7 Å². The highest BCUT2D eigenvalue weighted by molar-refractivity contribution is 7.99. The van der Waals surface area contributed by atoms with Crippen LogP contribution in [-0.2, 0) is 15.4 Å². The molecule has 0 fully saturated rings. The summed E-state index contributed by atoms with van der Waals surface area (Å²) in [7, 11) is -3.45. The number of nitrogens with two attached hydrogens (primary N) is 1. The molecule has 4 nitrogen and oxygen atoms in total. The number of sulfone groups is 1. The van der Waals surface area contributed by atoms with Gasteiger partial charge >= 0.3 is 0 Å². The summed E-state index contributed by atoms with van der Waals surface area (Å²) in [4.78, 5) is 7.83. The molecule has 0 saturated heterocycles. The molecule has 2 aliphatic heterocycles. The minimum atomic E-state index is -3.45. The molecule has 8 heteroatoms. The Balaban J connectivity index is 1.78. The first-order valence-electron chi connectivity index (χ1n) is 8.65. The average Bonchev–Trinajstić information content (AvgIpc) is 3.16. The lowest BCUT2D eigenvalue weighted by atomic mass is 9.99. The van der Waals surface area contributed by atoms with Gasteiger partial charge in [-0.1, -0.05) is 29.8 Å². The van der Waals surface area contributed by atoms with Crippen LogP contribution in [0, 0.1) is 0 Å². The Morgan fingerprint density at radius 3 is 2.67 bits per heavy atom. The van der Waals surface area contributed by atoms with Gasteiger partial charge in [-0.05, 0) is 38.5 Å². The number of hydrogen-bond acceptors (Lipinski definition) is 6. The molecule has 1 aromatic heterocycles. The molecule has 0 radical (unpaired) electrons. The zero-order valence-corrected chi connectivity index (χ0v) is 18.5. The van der Waals surface area contributed by atoms with Crippen LogP contribution < -0.4 is 5.73 Å². The van der Waals surface area contributed by atoms with Crippen molar-refractivity contribution in [3.8, 4) is 0 Å². The van der Waals surface area contributed by atoms with E-state index in [-0.39, 0.29) is 17.5 Å². The summed E-state index contributed by atoms with van der Waals surface area (Å²) < 4.78 is 24.5. The van der Waals surface area contributed by atoms with Gasteiger partial charge in [0.2, 0.25) is 0 Å². The Morgan fingerprint density at radius 1 is 1.26 bits per heavy atom. The van der Waals surface area contributed by atoms with Crippen LogP contribution in [0.25, 0.3) is 0 Å². The molecule has 27 heavy (non-hydrogen) atoms. The molecular formula is C19H21ClN2O2S3. The van der Waals surface area contributed by atoms with Gasteiger partial charge in [0.1, 0.15) is 16.1 Å². The molecule has 2 N–H and O–H groups in total. The molecule has 3 heterocycles. The fourth-order valence-corrected chi connectivity index (χ4v) is 8.47. The minimum Gasteiger partial charge on any atom is -0.386 e. The molecule has 0 aliphatic carbocycles. The van der Waals surface area contributed by atoms with Crippen molar-refractivity contribution < 1.29 is 8.42 Å². The fraction of sp³-hybridized carbons (Fsp3) is 0.421. The SMILES string of the molecule is CC1(c2sc(C3CSc4ccccc43)cc2Cl)CS(=O)(=O)C(C)(C)C(N)=N1. The van der Waals surface area contributed by atoms with Crippen molar-refractivity contribution >= 4 is 50.4 Å². The number of thioether (sulfide) groups is 1. The number of benzene rings is 1. The van der Waals surface area contributed by atoms with Crippen molar-refractivity contribution in [3.63, 3.8) is 0 Å². The molecule has 1 aromatic carbocycles. The number of rotatable bonds is 2. The largest absolute Gasteiger partial charge is 0.386 e. The summed E-state index contributed by atoms with van der Waals surface area (Å²) in [6.07, 6.45) is 0.